The minimum absolute atomic E-state index is 0.0507. The number of allylic oxidation sites excluding steroid dienone is 8. The van der Waals surface area contributed by atoms with Crippen LogP contribution in [0.1, 0.15) is 187 Å². The van der Waals surface area contributed by atoms with Crippen molar-refractivity contribution in [1.29, 1.82) is 0 Å². The van der Waals surface area contributed by atoms with Crippen molar-refractivity contribution < 1.29 is 38.2 Å². The Morgan fingerprint density at radius 2 is 1.02 bits per heavy atom. The van der Waals surface area contributed by atoms with Crippen molar-refractivity contribution in [1.82, 2.24) is 0 Å². The van der Waals surface area contributed by atoms with Gasteiger partial charge in [-0.25, -0.2) is 4.79 Å². The maximum atomic E-state index is 12.7. The van der Waals surface area contributed by atoms with Crippen molar-refractivity contribution in [2.45, 2.75) is 199 Å². The molecule has 2 atom stereocenters. The molecule has 0 saturated carbocycles. The highest BCUT2D eigenvalue weighted by atomic mass is 16.6. The van der Waals surface area contributed by atoms with Gasteiger partial charge in [0.2, 0.25) is 0 Å². The van der Waals surface area contributed by atoms with E-state index in [2.05, 4.69) is 56.4 Å². The SMILES string of the molecule is CC/C=C/C=C/C=C/CCCCCCCC(=O)OC(COCCC(C(=O)O)[N+](C)(C)C)COC(=O)CCCCCCCCC/C=C/CCCCCCCCCC. The largest absolute Gasteiger partial charge is 0.477 e. The summed E-state index contributed by atoms with van der Waals surface area (Å²) in [6.07, 6.45) is 45.8. The molecule has 2 unspecified atom stereocenters. The zero-order chi connectivity index (χ0) is 41.4. The van der Waals surface area contributed by atoms with Gasteiger partial charge >= 0.3 is 17.9 Å². The summed E-state index contributed by atoms with van der Waals surface area (Å²) in [6.45, 7) is 4.58. The minimum atomic E-state index is -0.880. The third-order valence-electron chi connectivity index (χ3n) is 10.0. The standard InChI is InChI=1S/C48H85NO7/c1-6-8-10-12-14-16-18-20-21-22-23-24-25-27-28-30-32-34-36-38-46(50)55-43-44(42-54-41-40-45(48(52)53)49(3,4)5)56-47(51)39-37-35-33-31-29-26-19-17-15-13-11-9-7-2/h9,11,13,15,17,19,22-23,44-45H,6-8,10,12,14,16,18,20-21,24-43H2,1-5H3/p+1/b11-9+,15-13+,19-17+,23-22+. The molecule has 0 rings (SSSR count). The Labute approximate surface area is 344 Å². The molecule has 0 aromatic rings. The molecule has 0 heterocycles. The van der Waals surface area contributed by atoms with Gasteiger partial charge in [-0.15, -0.1) is 0 Å². The number of unbranched alkanes of at least 4 members (excludes halogenated alkanes) is 20. The van der Waals surface area contributed by atoms with Gasteiger partial charge < -0.3 is 23.8 Å². The lowest BCUT2D eigenvalue weighted by Crippen LogP contribution is -2.50. The number of nitrogens with zero attached hydrogens (tertiary/aromatic N) is 1. The molecule has 0 aromatic heterocycles. The number of carbonyl (C=O) groups excluding carboxylic acids is 2. The summed E-state index contributed by atoms with van der Waals surface area (Å²) in [5, 5.41) is 9.62. The topological polar surface area (TPSA) is 99.1 Å². The van der Waals surface area contributed by atoms with Gasteiger partial charge in [0.15, 0.2) is 12.1 Å². The van der Waals surface area contributed by atoms with Gasteiger partial charge in [-0.1, -0.05) is 159 Å². The number of carbonyl (C=O) groups is 3. The first-order valence-corrected chi connectivity index (χ1v) is 22.7. The summed E-state index contributed by atoms with van der Waals surface area (Å²) in [4.78, 5) is 37.0. The third-order valence-corrected chi connectivity index (χ3v) is 10.0. The van der Waals surface area contributed by atoms with E-state index in [-0.39, 0.29) is 36.2 Å². The van der Waals surface area contributed by atoms with Gasteiger partial charge in [0.25, 0.3) is 0 Å². The highest BCUT2D eigenvalue weighted by Crippen LogP contribution is 2.14. The predicted molar refractivity (Wildman–Crippen MR) is 234 cm³/mol. The smallest absolute Gasteiger partial charge is 0.362 e. The van der Waals surface area contributed by atoms with Gasteiger partial charge in [-0.05, 0) is 57.8 Å². The first-order valence-electron chi connectivity index (χ1n) is 22.7. The summed E-state index contributed by atoms with van der Waals surface area (Å²) in [6, 6.07) is -0.619. The molecule has 0 saturated heterocycles. The first-order chi connectivity index (χ1) is 27.1. The summed E-state index contributed by atoms with van der Waals surface area (Å²) >= 11 is 0. The van der Waals surface area contributed by atoms with E-state index in [1.807, 2.05) is 27.2 Å². The maximum absolute atomic E-state index is 12.7. The van der Waals surface area contributed by atoms with Crippen molar-refractivity contribution in [2.75, 3.05) is 41.0 Å². The van der Waals surface area contributed by atoms with E-state index in [1.54, 1.807) is 0 Å². The Kier molecular flexibility index (Phi) is 37.2. The molecule has 8 nitrogen and oxygen atoms in total. The van der Waals surface area contributed by atoms with Crippen LogP contribution in [0.2, 0.25) is 0 Å². The van der Waals surface area contributed by atoms with Crippen molar-refractivity contribution in [3.05, 3.63) is 48.6 Å². The Hall–Kier alpha value is -2.71. The monoisotopic (exact) mass is 789 g/mol. The molecule has 1 N–H and O–H groups in total. The fourth-order valence-corrected chi connectivity index (χ4v) is 6.50. The van der Waals surface area contributed by atoms with Crippen LogP contribution in [0.5, 0.6) is 0 Å². The Bertz CT molecular complexity index is 1060. The fraction of sp³-hybridized carbons (Fsp3) is 0.771. The lowest BCUT2D eigenvalue weighted by Gasteiger charge is -2.31. The molecule has 324 valence electrons. The number of carboxylic acid groups (broad SMARTS) is 1. The van der Waals surface area contributed by atoms with Gasteiger partial charge in [0.1, 0.15) is 6.61 Å². The first kappa shape index (κ1) is 53.3. The number of aliphatic carboxylic acids is 1. The average Bonchev–Trinajstić information content (AvgIpc) is 3.15. The molecule has 0 bridgehead atoms. The number of hydrogen-bond donors (Lipinski definition) is 1. The molecule has 8 heteroatoms. The number of hydrogen-bond acceptors (Lipinski definition) is 6. The second-order valence-electron chi connectivity index (χ2n) is 16.3. The van der Waals surface area contributed by atoms with E-state index in [0.29, 0.717) is 19.3 Å². The normalized spacial score (nSPS) is 13.4. The third kappa shape index (κ3) is 36.9. The van der Waals surface area contributed by atoms with Crippen LogP contribution < -0.4 is 0 Å². The highest BCUT2D eigenvalue weighted by molar-refractivity contribution is 5.72. The molecular weight excluding hydrogens is 703 g/mol. The van der Waals surface area contributed by atoms with E-state index < -0.39 is 18.1 Å². The summed E-state index contributed by atoms with van der Waals surface area (Å²) < 4.78 is 17.3. The van der Waals surface area contributed by atoms with Crippen LogP contribution in [0.25, 0.3) is 0 Å². The Morgan fingerprint density at radius 3 is 1.52 bits per heavy atom. The zero-order valence-electron chi connectivity index (χ0n) is 36.8. The van der Waals surface area contributed by atoms with Crippen molar-refractivity contribution in [2.24, 2.45) is 0 Å². The van der Waals surface area contributed by atoms with E-state index in [9.17, 15) is 19.5 Å². The minimum Gasteiger partial charge on any atom is -0.477 e. The van der Waals surface area contributed by atoms with Crippen LogP contribution in [0, 0.1) is 0 Å². The molecule has 0 fully saturated rings. The zero-order valence-corrected chi connectivity index (χ0v) is 36.8. The number of esters is 2. The Balaban J connectivity index is 4.31. The van der Waals surface area contributed by atoms with Crippen LogP contribution in [0.4, 0.5) is 0 Å². The number of carboxylic acids is 1. The Morgan fingerprint density at radius 1 is 0.554 bits per heavy atom. The van der Waals surface area contributed by atoms with Crippen LogP contribution in [-0.4, -0.2) is 80.6 Å². The van der Waals surface area contributed by atoms with Crippen LogP contribution >= 0.6 is 0 Å². The molecule has 0 spiro atoms. The predicted octanol–water partition coefficient (Wildman–Crippen LogP) is 12.4. The van der Waals surface area contributed by atoms with Gasteiger partial charge in [0.05, 0.1) is 34.4 Å². The molecule has 0 aliphatic rings. The second kappa shape index (κ2) is 39.1. The molecular formula is C48H86NO7+. The van der Waals surface area contributed by atoms with E-state index in [4.69, 9.17) is 14.2 Å². The highest BCUT2D eigenvalue weighted by Gasteiger charge is 2.31. The van der Waals surface area contributed by atoms with E-state index in [1.165, 1.54) is 89.9 Å². The lowest BCUT2D eigenvalue weighted by atomic mass is 10.1. The lowest BCUT2D eigenvalue weighted by molar-refractivity contribution is -0.887. The molecule has 0 radical (unpaired) electrons. The molecule has 0 aliphatic heterocycles. The van der Waals surface area contributed by atoms with Crippen molar-refractivity contribution >= 4 is 17.9 Å². The average molecular weight is 789 g/mol. The van der Waals surface area contributed by atoms with Crippen LogP contribution in [0.15, 0.2) is 48.6 Å². The number of likely N-dealkylation sites (N-methyl/N-ethyl adjacent to an activating group) is 1. The van der Waals surface area contributed by atoms with E-state index >= 15 is 0 Å². The number of ether oxygens (including phenoxy) is 3. The van der Waals surface area contributed by atoms with Crippen LogP contribution in [0.3, 0.4) is 0 Å². The maximum Gasteiger partial charge on any atom is 0.362 e. The summed E-state index contributed by atoms with van der Waals surface area (Å²) in [7, 11) is 5.51. The van der Waals surface area contributed by atoms with Crippen LogP contribution in [-0.2, 0) is 28.6 Å². The quantitative estimate of drug-likeness (QED) is 0.0217. The van der Waals surface area contributed by atoms with Crippen molar-refractivity contribution in [3.8, 4) is 0 Å². The van der Waals surface area contributed by atoms with Gasteiger partial charge in [0, 0.05) is 19.3 Å². The molecule has 0 aliphatic carbocycles. The van der Waals surface area contributed by atoms with Gasteiger partial charge in [-0.2, -0.15) is 0 Å². The summed E-state index contributed by atoms with van der Waals surface area (Å²) in [5.74, 6) is -1.50. The summed E-state index contributed by atoms with van der Waals surface area (Å²) in [5.41, 5.74) is 0. The van der Waals surface area contributed by atoms with Crippen molar-refractivity contribution in [3.63, 3.8) is 0 Å². The molecule has 0 amide bonds. The number of rotatable bonds is 40. The molecule has 56 heavy (non-hydrogen) atoms. The number of quaternary nitrogens is 1. The van der Waals surface area contributed by atoms with E-state index in [0.717, 1.165) is 64.2 Å². The second-order valence-corrected chi connectivity index (χ2v) is 16.3. The fourth-order valence-electron chi connectivity index (χ4n) is 6.50. The molecule has 0 aromatic carbocycles. The van der Waals surface area contributed by atoms with Gasteiger partial charge in [-0.3, -0.25) is 9.59 Å².